The van der Waals surface area contributed by atoms with Gasteiger partial charge < -0.3 is 11.1 Å². The molecule has 0 spiro atoms. The number of benzene rings is 1. The number of rotatable bonds is 6. The van der Waals surface area contributed by atoms with Crippen molar-refractivity contribution in [1.29, 1.82) is 0 Å². The van der Waals surface area contributed by atoms with E-state index in [0.717, 1.165) is 11.8 Å². The molecule has 1 amide bonds. The Kier molecular flexibility index (Phi) is 5.74. The third-order valence-corrected chi connectivity index (χ3v) is 5.00. The Labute approximate surface area is 143 Å². The average molecular weight is 374 g/mol. The molecule has 124 valence electrons. The van der Waals surface area contributed by atoms with Gasteiger partial charge in [0.05, 0.1) is 17.5 Å². The van der Waals surface area contributed by atoms with Gasteiger partial charge in [-0.15, -0.1) is 11.3 Å². The Hall–Kier alpha value is -1.48. The van der Waals surface area contributed by atoms with E-state index in [1.54, 1.807) is 17.5 Å². The van der Waals surface area contributed by atoms with E-state index in [0.29, 0.717) is 15.8 Å². The zero-order chi connectivity index (χ0) is 17.0. The summed E-state index contributed by atoms with van der Waals surface area (Å²) in [4.78, 5) is 16.2. The van der Waals surface area contributed by atoms with Crippen molar-refractivity contribution < 1.29 is 13.2 Å². The van der Waals surface area contributed by atoms with Crippen molar-refractivity contribution in [2.24, 2.45) is 5.73 Å². The second-order valence-corrected chi connectivity index (χ2v) is 8.61. The van der Waals surface area contributed by atoms with Crippen LogP contribution in [0.4, 0.5) is 5.13 Å². The van der Waals surface area contributed by atoms with Gasteiger partial charge in [-0.25, -0.2) is 13.4 Å². The zero-order valence-corrected chi connectivity index (χ0v) is 14.7. The van der Waals surface area contributed by atoms with Crippen molar-refractivity contribution in [1.82, 2.24) is 4.98 Å². The number of nitrogens with two attached hydrogens (primary N) is 1. The van der Waals surface area contributed by atoms with Crippen LogP contribution < -0.4 is 11.1 Å². The number of carbonyl (C=O) groups excluding carboxylic acids is 1. The second-order valence-electron chi connectivity index (χ2n) is 5.06. The molecule has 0 saturated carbocycles. The van der Waals surface area contributed by atoms with Gasteiger partial charge in [0.15, 0.2) is 5.13 Å². The highest BCUT2D eigenvalue weighted by Gasteiger charge is 2.17. The number of carbonyl (C=O) groups is 1. The van der Waals surface area contributed by atoms with E-state index in [-0.39, 0.29) is 12.2 Å². The van der Waals surface area contributed by atoms with E-state index in [2.05, 4.69) is 10.3 Å². The molecule has 0 saturated heterocycles. The fraction of sp³-hybridized carbons (Fsp3) is 0.286. The molecule has 1 atom stereocenters. The van der Waals surface area contributed by atoms with E-state index in [4.69, 9.17) is 17.3 Å². The standard InChI is InChI=1S/C14H16ClN3O3S2/c1-23(20,21)7-6-11(16)13(19)18-14-17-12(8-22-14)9-2-4-10(15)5-3-9/h2-5,8,11H,6-7,16H2,1H3,(H,17,18,19). The average Bonchev–Trinajstić information content (AvgIpc) is 2.93. The van der Waals surface area contributed by atoms with Crippen LogP contribution in [0.2, 0.25) is 5.02 Å². The monoisotopic (exact) mass is 373 g/mol. The first-order valence-corrected chi connectivity index (χ1v) is 10.0. The summed E-state index contributed by atoms with van der Waals surface area (Å²) in [5.74, 6) is -0.583. The molecule has 23 heavy (non-hydrogen) atoms. The summed E-state index contributed by atoms with van der Waals surface area (Å²) < 4.78 is 22.2. The van der Waals surface area contributed by atoms with Gasteiger partial charge in [0.1, 0.15) is 9.84 Å². The first-order chi connectivity index (χ1) is 10.7. The summed E-state index contributed by atoms with van der Waals surface area (Å²) in [7, 11) is -3.14. The van der Waals surface area contributed by atoms with Crippen LogP contribution in [0.5, 0.6) is 0 Å². The quantitative estimate of drug-likeness (QED) is 0.807. The Bertz CT molecular complexity index is 788. The van der Waals surface area contributed by atoms with Crippen LogP contribution >= 0.6 is 22.9 Å². The molecule has 0 radical (unpaired) electrons. The lowest BCUT2D eigenvalue weighted by atomic mass is 10.2. The molecule has 9 heteroatoms. The normalized spacial score (nSPS) is 12.8. The Balaban J connectivity index is 1.98. The molecule has 0 aliphatic rings. The molecular weight excluding hydrogens is 358 g/mol. The van der Waals surface area contributed by atoms with Crippen molar-refractivity contribution in [2.75, 3.05) is 17.3 Å². The summed E-state index contributed by atoms with van der Waals surface area (Å²) >= 11 is 7.11. The second kappa shape index (κ2) is 7.39. The van der Waals surface area contributed by atoms with Crippen molar-refractivity contribution in [3.63, 3.8) is 0 Å². The fourth-order valence-corrected chi connectivity index (χ4v) is 3.29. The lowest BCUT2D eigenvalue weighted by Gasteiger charge is -2.09. The van der Waals surface area contributed by atoms with Gasteiger partial charge in [0.25, 0.3) is 0 Å². The van der Waals surface area contributed by atoms with Gasteiger partial charge in [-0.1, -0.05) is 23.7 Å². The summed E-state index contributed by atoms with van der Waals surface area (Å²) in [6.45, 7) is 0. The largest absolute Gasteiger partial charge is 0.320 e. The number of halogens is 1. The minimum absolute atomic E-state index is 0.0695. The first-order valence-electron chi connectivity index (χ1n) is 6.70. The topological polar surface area (TPSA) is 102 Å². The molecule has 0 fully saturated rings. The molecule has 6 nitrogen and oxygen atoms in total. The van der Waals surface area contributed by atoms with E-state index in [1.807, 2.05) is 12.1 Å². The van der Waals surface area contributed by atoms with Gasteiger partial charge in [-0.05, 0) is 18.6 Å². The predicted molar refractivity (Wildman–Crippen MR) is 93.5 cm³/mol. The van der Waals surface area contributed by atoms with Crippen molar-refractivity contribution in [3.05, 3.63) is 34.7 Å². The molecular formula is C14H16ClN3O3S2. The Morgan fingerprint density at radius 1 is 1.39 bits per heavy atom. The molecule has 2 aromatic rings. The van der Waals surface area contributed by atoms with Gasteiger partial charge in [-0.3, -0.25) is 4.79 Å². The maximum Gasteiger partial charge on any atom is 0.243 e. The number of hydrogen-bond acceptors (Lipinski definition) is 6. The summed E-state index contributed by atoms with van der Waals surface area (Å²) in [5, 5.41) is 5.45. The fourth-order valence-electron chi connectivity index (χ4n) is 1.75. The highest BCUT2D eigenvalue weighted by Crippen LogP contribution is 2.26. The van der Waals surface area contributed by atoms with E-state index in [9.17, 15) is 13.2 Å². The third kappa shape index (κ3) is 5.58. The number of nitrogens with zero attached hydrogens (tertiary/aromatic N) is 1. The highest BCUT2D eigenvalue weighted by atomic mass is 35.5. The van der Waals surface area contributed by atoms with Crippen LogP contribution in [0.1, 0.15) is 6.42 Å². The maximum absolute atomic E-state index is 11.9. The highest BCUT2D eigenvalue weighted by molar-refractivity contribution is 7.90. The maximum atomic E-state index is 11.9. The number of sulfone groups is 1. The van der Waals surface area contributed by atoms with Crippen LogP contribution in [-0.4, -0.2) is 37.4 Å². The Morgan fingerprint density at radius 2 is 2.04 bits per heavy atom. The van der Waals surface area contributed by atoms with E-state index in [1.165, 1.54) is 11.3 Å². The molecule has 3 N–H and O–H groups in total. The van der Waals surface area contributed by atoms with Crippen LogP contribution in [-0.2, 0) is 14.6 Å². The molecule has 1 heterocycles. The molecule has 0 aliphatic heterocycles. The predicted octanol–water partition coefficient (Wildman–Crippen LogP) is 2.16. The lowest BCUT2D eigenvalue weighted by Crippen LogP contribution is -2.37. The van der Waals surface area contributed by atoms with Crippen LogP contribution in [0, 0.1) is 0 Å². The number of nitrogens with one attached hydrogen (secondary N) is 1. The molecule has 0 aliphatic carbocycles. The summed E-state index contributed by atoms with van der Waals surface area (Å²) in [5.41, 5.74) is 7.29. The van der Waals surface area contributed by atoms with Crippen LogP contribution in [0.15, 0.2) is 29.6 Å². The smallest absolute Gasteiger partial charge is 0.243 e. The minimum Gasteiger partial charge on any atom is -0.320 e. The number of hydrogen-bond donors (Lipinski definition) is 2. The number of aromatic nitrogens is 1. The molecule has 1 aromatic carbocycles. The van der Waals surface area contributed by atoms with Crippen LogP contribution in [0.3, 0.4) is 0 Å². The summed E-state index contributed by atoms with van der Waals surface area (Å²) in [6.07, 6.45) is 1.18. The van der Waals surface area contributed by atoms with Crippen molar-refractivity contribution in [2.45, 2.75) is 12.5 Å². The van der Waals surface area contributed by atoms with Gasteiger partial charge in [0, 0.05) is 22.2 Å². The number of amides is 1. The lowest BCUT2D eigenvalue weighted by molar-refractivity contribution is -0.117. The number of thiazole rings is 1. The van der Waals surface area contributed by atoms with E-state index < -0.39 is 21.8 Å². The molecule has 1 unspecified atom stereocenters. The van der Waals surface area contributed by atoms with Crippen molar-refractivity contribution in [3.8, 4) is 11.3 Å². The summed E-state index contributed by atoms with van der Waals surface area (Å²) in [6, 6.07) is 6.29. The molecule has 2 rings (SSSR count). The van der Waals surface area contributed by atoms with Crippen molar-refractivity contribution >= 4 is 43.8 Å². The van der Waals surface area contributed by atoms with Gasteiger partial charge in [-0.2, -0.15) is 0 Å². The number of anilines is 1. The van der Waals surface area contributed by atoms with Gasteiger partial charge in [0.2, 0.25) is 5.91 Å². The molecule has 0 bridgehead atoms. The zero-order valence-electron chi connectivity index (χ0n) is 12.3. The SMILES string of the molecule is CS(=O)(=O)CCC(N)C(=O)Nc1nc(-c2ccc(Cl)cc2)cs1. The minimum atomic E-state index is -3.14. The van der Waals surface area contributed by atoms with Gasteiger partial charge >= 0.3 is 0 Å². The Morgan fingerprint density at radius 3 is 2.65 bits per heavy atom. The molecule has 1 aromatic heterocycles. The van der Waals surface area contributed by atoms with E-state index >= 15 is 0 Å². The van der Waals surface area contributed by atoms with Crippen LogP contribution in [0.25, 0.3) is 11.3 Å². The first kappa shape index (κ1) is 17.9. The third-order valence-electron chi connectivity index (χ3n) is 3.01.